The summed E-state index contributed by atoms with van der Waals surface area (Å²) < 4.78 is 21.6. The van der Waals surface area contributed by atoms with Crippen molar-refractivity contribution < 1.29 is 9.13 Å². The van der Waals surface area contributed by atoms with E-state index in [1.807, 2.05) is 44.3 Å². The average Bonchev–Trinajstić information content (AvgIpc) is 3.08. The van der Waals surface area contributed by atoms with Crippen molar-refractivity contribution in [2.45, 2.75) is 32.4 Å². The molecule has 27 heavy (non-hydrogen) atoms. The van der Waals surface area contributed by atoms with Gasteiger partial charge >= 0.3 is 0 Å². The first-order valence-corrected chi connectivity index (χ1v) is 9.17. The van der Waals surface area contributed by atoms with Crippen LogP contribution in [0.25, 0.3) is 5.69 Å². The third-order valence-electron chi connectivity index (χ3n) is 4.61. The van der Waals surface area contributed by atoms with E-state index in [0.717, 1.165) is 17.5 Å². The van der Waals surface area contributed by atoms with Crippen molar-refractivity contribution in [3.8, 4) is 5.69 Å². The molecule has 0 aliphatic heterocycles. The Labute approximate surface area is 160 Å². The molecule has 0 radical (unpaired) electrons. The van der Waals surface area contributed by atoms with Crippen LogP contribution in [-0.4, -0.2) is 29.5 Å². The number of nitrogens with zero attached hydrogens (tertiary/aromatic N) is 2. The van der Waals surface area contributed by atoms with Crippen molar-refractivity contribution in [1.82, 2.24) is 15.1 Å². The summed E-state index contributed by atoms with van der Waals surface area (Å²) in [5, 5.41) is 7.74. The molecule has 5 heteroatoms. The molecule has 4 nitrogen and oxygen atoms in total. The maximum atomic E-state index is 14.6. The van der Waals surface area contributed by atoms with E-state index in [4.69, 9.17) is 4.74 Å². The van der Waals surface area contributed by atoms with Gasteiger partial charge in [0.1, 0.15) is 11.5 Å². The molecule has 0 amide bonds. The van der Waals surface area contributed by atoms with Crippen molar-refractivity contribution in [2.75, 3.05) is 13.7 Å². The number of aromatic nitrogens is 2. The van der Waals surface area contributed by atoms with E-state index < -0.39 is 0 Å². The third-order valence-corrected chi connectivity index (χ3v) is 4.61. The van der Waals surface area contributed by atoms with Crippen LogP contribution in [0.4, 0.5) is 4.39 Å². The molecule has 0 aliphatic rings. The number of ether oxygens (including phenoxy) is 1. The number of rotatable bonds is 8. The number of halogens is 1. The molecule has 3 rings (SSSR count). The van der Waals surface area contributed by atoms with Gasteiger partial charge in [0.15, 0.2) is 0 Å². The second-order valence-corrected chi connectivity index (χ2v) is 6.90. The van der Waals surface area contributed by atoms with Crippen molar-refractivity contribution >= 4 is 0 Å². The molecule has 0 spiro atoms. The summed E-state index contributed by atoms with van der Waals surface area (Å²) in [5.74, 6) is -0.282. The van der Waals surface area contributed by atoms with Gasteiger partial charge in [-0.05, 0) is 49.1 Å². The van der Waals surface area contributed by atoms with E-state index >= 15 is 0 Å². The summed E-state index contributed by atoms with van der Waals surface area (Å²) >= 11 is 0. The number of aryl methyl sites for hydroxylation is 1. The zero-order chi connectivity index (χ0) is 19.2. The van der Waals surface area contributed by atoms with Crippen LogP contribution in [0.1, 0.15) is 29.7 Å². The molecule has 1 aromatic heterocycles. The van der Waals surface area contributed by atoms with Gasteiger partial charge in [-0.15, -0.1) is 0 Å². The lowest BCUT2D eigenvalue weighted by Crippen LogP contribution is -2.37. The van der Waals surface area contributed by atoms with Crippen molar-refractivity contribution in [1.29, 1.82) is 0 Å². The van der Waals surface area contributed by atoms with Crippen LogP contribution >= 0.6 is 0 Å². The quantitative estimate of drug-likeness (QED) is 0.648. The monoisotopic (exact) mass is 367 g/mol. The second kappa shape index (κ2) is 8.93. The summed E-state index contributed by atoms with van der Waals surface area (Å²) in [5.41, 5.74) is 3.60. The summed E-state index contributed by atoms with van der Waals surface area (Å²) in [4.78, 5) is 0. The van der Waals surface area contributed by atoms with Crippen LogP contribution in [0, 0.1) is 12.7 Å². The Hall–Kier alpha value is -2.50. The molecular weight excluding hydrogens is 341 g/mol. The Morgan fingerprint density at radius 3 is 2.59 bits per heavy atom. The van der Waals surface area contributed by atoms with Crippen molar-refractivity contribution in [3.63, 3.8) is 0 Å². The summed E-state index contributed by atoms with van der Waals surface area (Å²) in [7, 11) is 1.70. The minimum absolute atomic E-state index is 0.00299. The van der Waals surface area contributed by atoms with Crippen LogP contribution in [0.3, 0.4) is 0 Å². The Bertz CT molecular complexity index is 863. The molecule has 142 valence electrons. The van der Waals surface area contributed by atoms with Gasteiger partial charge in [0.05, 0.1) is 12.8 Å². The number of hydrogen-bond acceptors (Lipinski definition) is 3. The average molecular weight is 367 g/mol. The predicted molar refractivity (Wildman–Crippen MR) is 106 cm³/mol. The lowest BCUT2D eigenvalue weighted by Gasteiger charge is -2.23. The fourth-order valence-corrected chi connectivity index (χ4v) is 3.24. The Morgan fingerprint density at radius 1 is 1.19 bits per heavy atom. The van der Waals surface area contributed by atoms with Gasteiger partial charge in [0.2, 0.25) is 0 Å². The molecule has 0 saturated heterocycles. The minimum Gasteiger partial charge on any atom is -0.383 e. The zero-order valence-electron chi connectivity index (χ0n) is 16.0. The number of nitrogens with one attached hydrogen (secondary N) is 1. The lowest BCUT2D eigenvalue weighted by atomic mass is 10.0. The third kappa shape index (κ3) is 5.02. The highest BCUT2D eigenvalue weighted by atomic mass is 19.1. The molecule has 0 unspecified atom stereocenters. The zero-order valence-corrected chi connectivity index (χ0v) is 16.0. The number of benzene rings is 2. The van der Waals surface area contributed by atoms with E-state index in [-0.39, 0.29) is 17.9 Å². The van der Waals surface area contributed by atoms with Gasteiger partial charge in [0.25, 0.3) is 0 Å². The first-order valence-electron chi connectivity index (χ1n) is 9.17. The molecule has 2 atom stereocenters. The molecule has 3 aromatic rings. The molecule has 0 saturated carbocycles. The van der Waals surface area contributed by atoms with E-state index in [1.165, 1.54) is 5.56 Å². The maximum Gasteiger partial charge on any atom is 0.149 e. The molecular formula is C22H26FN3O. The molecule has 1 N–H and O–H groups in total. The van der Waals surface area contributed by atoms with E-state index in [1.54, 1.807) is 30.1 Å². The van der Waals surface area contributed by atoms with Crippen LogP contribution in [0.15, 0.2) is 60.9 Å². The lowest BCUT2D eigenvalue weighted by molar-refractivity contribution is 0.161. The molecule has 0 bridgehead atoms. The first-order chi connectivity index (χ1) is 13.1. The van der Waals surface area contributed by atoms with Crippen LogP contribution in [0.2, 0.25) is 0 Å². The molecule has 0 aliphatic carbocycles. The maximum absolute atomic E-state index is 14.6. The van der Waals surface area contributed by atoms with Gasteiger partial charge in [-0.2, -0.15) is 5.10 Å². The highest BCUT2D eigenvalue weighted by Gasteiger charge is 2.16. The van der Waals surface area contributed by atoms with Gasteiger partial charge in [0, 0.05) is 25.4 Å². The topological polar surface area (TPSA) is 39.1 Å². The summed E-state index contributed by atoms with van der Waals surface area (Å²) in [6.07, 6.45) is 4.39. The van der Waals surface area contributed by atoms with Crippen LogP contribution in [-0.2, 0) is 11.2 Å². The van der Waals surface area contributed by atoms with Crippen molar-refractivity contribution in [3.05, 3.63) is 83.4 Å². The van der Waals surface area contributed by atoms with Gasteiger partial charge in [-0.1, -0.05) is 36.4 Å². The highest BCUT2D eigenvalue weighted by molar-refractivity contribution is 5.37. The van der Waals surface area contributed by atoms with E-state index in [2.05, 4.69) is 22.5 Å². The predicted octanol–water partition coefficient (Wildman–Crippen LogP) is 4.23. The molecule has 2 aromatic carbocycles. The summed E-state index contributed by atoms with van der Waals surface area (Å²) in [6.45, 7) is 4.57. The largest absolute Gasteiger partial charge is 0.383 e. The highest BCUT2D eigenvalue weighted by Crippen LogP contribution is 2.20. The van der Waals surface area contributed by atoms with E-state index in [9.17, 15) is 4.39 Å². The van der Waals surface area contributed by atoms with Gasteiger partial charge < -0.3 is 10.1 Å². The van der Waals surface area contributed by atoms with Gasteiger partial charge in [-0.25, -0.2) is 9.07 Å². The smallest absolute Gasteiger partial charge is 0.149 e. The molecule has 0 fully saturated rings. The Morgan fingerprint density at radius 2 is 1.96 bits per heavy atom. The number of hydrogen-bond donors (Lipinski definition) is 1. The fraction of sp³-hybridized carbons (Fsp3) is 0.318. The van der Waals surface area contributed by atoms with Gasteiger partial charge in [-0.3, -0.25) is 0 Å². The van der Waals surface area contributed by atoms with E-state index in [0.29, 0.717) is 12.3 Å². The normalized spacial score (nSPS) is 13.5. The summed E-state index contributed by atoms with van der Waals surface area (Å²) in [6, 6.07) is 15.7. The minimum atomic E-state index is -0.282. The van der Waals surface area contributed by atoms with Crippen LogP contribution < -0.4 is 5.32 Å². The first kappa shape index (κ1) is 19.3. The van der Waals surface area contributed by atoms with Crippen molar-refractivity contribution in [2.24, 2.45) is 0 Å². The SMILES string of the molecule is COC[C@@H](Cc1ccccc1)N[C@H](C)c1ccc(-n2cc(C)cn2)c(F)c1. The fourth-order valence-electron chi connectivity index (χ4n) is 3.24. The van der Waals surface area contributed by atoms with Crippen LogP contribution in [0.5, 0.6) is 0 Å². The number of methoxy groups -OCH3 is 1. The second-order valence-electron chi connectivity index (χ2n) is 6.90. The Kier molecular flexibility index (Phi) is 6.37. The molecule has 1 heterocycles. The standard InChI is InChI=1S/C22H26FN3O/c1-16-13-24-26(14-16)22-10-9-19(12-21(22)23)17(2)25-20(15-27-3)11-18-7-5-4-6-8-18/h4-10,12-14,17,20,25H,11,15H2,1-3H3/t17-,20-/m1/s1. The Balaban J connectivity index is 1.72.